The van der Waals surface area contributed by atoms with Gasteiger partial charge in [-0.1, -0.05) is 0 Å². The largest absolute Gasteiger partial charge is 0.378 e. The number of hydrogen-bond acceptors (Lipinski definition) is 8. The van der Waals surface area contributed by atoms with Crippen LogP contribution in [0.15, 0.2) is 12.4 Å². The van der Waals surface area contributed by atoms with Gasteiger partial charge in [0.15, 0.2) is 5.11 Å². The molecule has 4 heterocycles. The SMILES string of the molecule is NC(=S)N1CCc2c(-c3cnc(N)nc3)nc(N3CCOCC3)nc21. The average molecular weight is 358 g/mol. The summed E-state index contributed by atoms with van der Waals surface area (Å²) in [5, 5.41) is 0.310. The fourth-order valence-electron chi connectivity index (χ4n) is 3.06. The van der Waals surface area contributed by atoms with Crippen LogP contribution in [-0.4, -0.2) is 57.9 Å². The van der Waals surface area contributed by atoms with Gasteiger partial charge in [0.05, 0.1) is 18.9 Å². The molecule has 2 aromatic heterocycles. The van der Waals surface area contributed by atoms with Gasteiger partial charge in [-0.2, -0.15) is 4.98 Å². The van der Waals surface area contributed by atoms with E-state index in [0.717, 1.165) is 42.1 Å². The summed E-state index contributed by atoms with van der Waals surface area (Å²) < 4.78 is 5.42. The van der Waals surface area contributed by atoms with Crippen LogP contribution < -0.4 is 21.3 Å². The van der Waals surface area contributed by atoms with E-state index in [4.69, 9.17) is 38.4 Å². The first-order chi connectivity index (χ1) is 12.1. The molecule has 1 saturated heterocycles. The standard InChI is InChI=1S/C15H18N8OS/c16-13-18-7-9(8-19-13)11-10-1-2-23(14(17)25)12(10)21-15(20-11)22-3-5-24-6-4-22/h7-8H,1-6H2,(H2,17,25)(H2,16,18,19). The van der Waals surface area contributed by atoms with Gasteiger partial charge in [0.1, 0.15) is 5.82 Å². The second-order valence-electron chi connectivity index (χ2n) is 5.84. The van der Waals surface area contributed by atoms with Crippen molar-refractivity contribution in [2.75, 3.05) is 48.4 Å². The van der Waals surface area contributed by atoms with Crippen molar-refractivity contribution in [3.8, 4) is 11.3 Å². The maximum absolute atomic E-state index is 5.87. The highest BCUT2D eigenvalue weighted by atomic mass is 32.1. The molecule has 10 heteroatoms. The highest BCUT2D eigenvalue weighted by Crippen LogP contribution is 2.35. The van der Waals surface area contributed by atoms with Crippen molar-refractivity contribution in [2.24, 2.45) is 5.73 Å². The number of thiocarbonyl (C=S) groups is 1. The van der Waals surface area contributed by atoms with E-state index in [0.29, 0.717) is 30.8 Å². The summed E-state index contributed by atoms with van der Waals surface area (Å²) in [4.78, 5) is 21.6. The maximum Gasteiger partial charge on any atom is 0.228 e. The summed E-state index contributed by atoms with van der Waals surface area (Å²) in [6, 6.07) is 0. The number of morpholine rings is 1. The molecule has 0 radical (unpaired) electrons. The van der Waals surface area contributed by atoms with Crippen LogP contribution in [0.1, 0.15) is 5.56 Å². The second-order valence-corrected chi connectivity index (χ2v) is 6.26. The number of nitrogens with two attached hydrogens (primary N) is 2. The fourth-order valence-corrected chi connectivity index (χ4v) is 3.24. The highest BCUT2D eigenvalue weighted by molar-refractivity contribution is 7.80. The van der Waals surface area contributed by atoms with E-state index in [9.17, 15) is 0 Å². The van der Waals surface area contributed by atoms with E-state index in [2.05, 4.69) is 14.9 Å². The zero-order chi connectivity index (χ0) is 17.4. The van der Waals surface area contributed by atoms with Crippen LogP contribution in [0.4, 0.5) is 17.7 Å². The van der Waals surface area contributed by atoms with Gasteiger partial charge in [0.25, 0.3) is 0 Å². The summed E-state index contributed by atoms with van der Waals surface area (Å²) in [7, 11) is 0. The van der Waals surface area contributed by atoms with Gasteiger partial charge in [-0.3, -0.25) is 0 Å². The van der Waals surface area contributed by atoms with Crippen LogP contribution in [0.3, 0.4) is 0 Å². The Morgan fingerprint density at radius 3 is 2.52 bits per heavy atom. The average Bonchev–Trinajstić information content (AvgIpc) is 3.07. The Morgan fingerprint density at radius 1 is 1.12 bits per heavy atom. The van der Waals surface area contributed by atoms with Crippen molar-refractivity contribution < 1.29 is 4.74 Å². The third-order valence-electron chi connectivity index (χ3n) is 4.32. The zero-order valence-electron chi connectivity index (χ0n) is 13.6. The monoisotopic (exact) mass is 358 g/mol. The van der Waals surface area contributed by atoms with Crippen molar-refractivity contribution in [1.29, 1.82) is 0 Å². The summed E-state index contributed by atoms with van der Waals surface area (Å²) in [6.07, 6.45) is 4.12. The van der Waals surface area contributed by atoms with E-state index in [1.54, 1.807) is 12.4 Å². The third kappa shape index (κ3) is 2.94. The highest BCUT2D eigenvalue weighted by Gasteiger charge is 2.29. The van der Waals surface area contributed by atoms with Crippen LogP contribution in [0, 0.1) is 0 Å². The Bertz CT molecular complexity index is 806. The molecule has 0 unspecified atom stereocenters. The molecule has 0 bridgehead atoms. The molecule has 0 amide bonds. The summed E-state index contributed by atoms with van der Waals surface area (Å²) >= 11 is 5.18. The van der Waals surface area contributed by atoms with E-state index in [1.165, 1.54) is 0 Å². The normalized spacial score (nSPS) is 16.8. The minimum Gasteiger partial charge on any atom is -0.378 e. The summed E-state index contributed by atoms with van der Waals surface area (Å²) in [5.41, 5.74) is 14.1. The van der Waals surface area contributed by atoms with Crippen molar-refractivity contribution in [2.45, 2.75) is 6.42 Å². The van der Waals surface area contributed by atoms with E-state index < -0.39 is 0 Å². The topological polar surface area (TPSA) is 119 Å². The predicted octanol–water partition coefficient (Wildman–Crippen LogP) is -0.0415. The molecule has 0 aromatic carbocycles. The molecule has 2 aromatic rings. The van der Waals surface area contributed by atoms with Crippen LogP contribution in [0.2, 0.25) is 0 Å². The number of rotatable bonds is 2. The van der Waals surface area contributed by atoms with Crippen LogP contribution in [-0.2, 0) is 11.2 Å². The summed E-state index contributed by atoms with van der Waals surface area (Å²) in [6.45, 7) is 3.47. The quantitative estimate of drug-likeness (QED) is 0.708. The first-order valence-electron chi connectivity index (χ1n) is 8.02. The molecule has 4 N–H and O–H groups in total. The molecule has 2 aliphatic rings. The fraction of sp³-hybridized carbons (Fsp3) is 0.400. The number of anilines is 3. The van der Waals surface area contributed by atoms with Gasteiger partial charge in [-0.25, -0.2) is 15.0 Å². The molecular formula is C15H18N8OS. The molecule has 25 heavy (non-hydrogen) atoms. The van der Waals surface area contributed by atoms with Gasteiger partial charge >= 0.3 is 0 Å². The smallest absolute Gasteiger partial charge is 0.228 e. The lowest BCUT2D eigenvalue weighted by atomic mass is 10.1. The minimum absolute atomic E-state index is 0.229. The lowest BCUT2D eigenvalue weighted by molar-refractivity contribution is 0.122. The number of nitrogens with zero attached hydrogens (tertiary/aromatic N) is 6. The molecule has 0 saturated carbocycles. The second kappa shape index (κ2) is 6.37. The first-order valence-corrected chi connectivity index (χ1v) is 8.43. The van der Waals surface area contributed by atoms with Gasteiger partial charge in [0, 0.05) is 43.2 Å². The Labute approximate surface area is 150 Å². The molecule has 130 valence electrons. The van der Waals surface area contributed by atoms with Gasteiger partial charge in [-0.05, 0) is 18.6 Å². The predicted molar refractivity (Wildman–Crippen MR) is 98.3 cm³/mol. The van der Waals surface area contributed by atoms with Crippen LogP contribution in [0.5, 0.6) is 0 Å². The summed E-state index contributed by atoms with van der Waals surface area (Å²) in [5.74, 6) is 1.63. The Balaban J connectivity index is 1.84. The lowest BCUT2D eigenvalue weighted by Gasteiger charge is -2.28. The van der Waals surface area contributed by atoms with Crippen molar-refractivity contribution in [3.63, 3.8) is 0 Å². The molecule has 2 aliphatic heterocycles. The van der Waals surface area contributed by atoms with Crippen molar-refractivity contribution in [1.82, 2.24) is 19.9 Å². The molecule has 9 nitrogen and oxygen atoms in total. The maximum atomic E-state index is 5.87. The number of fused-ring (bicyclic) bond motifs is 1. The molecule has 1 fully saturated rings. The number of ether oxygens (including phenoxy) is 1. The van der Waals surface area contributed by atoms with E-state index >= 15 is 0 Å². The van der Waals surface area contributed by atoms with Crippen molar-refractivity contribution in [3.05, 3.63) is 18.0 Å². The Hall–Kier alpha value is -2.59. The third-order valence-corrected chi connectivity index (χ3v) is 4.54. The van der Waals surface area contributed by atoms with E-state index in [1.807, 2.05) is 4.90 Å². The molecule has 0 atom stereocenters. The molecule has 0 aliphatic carbocycles. The van der Waals surface area contributed by atoms with Gasteiger partial charge in [0.2, 0.25) is 11.9 Å². The Kier molecular flexibility index (Phi) is 4.06. The van der Waals surface area contributed by atoms with Crippen molar-refractivity contribution >= 4 is 35.0 Å². The van der Waals surface area contributed by atoms with Crippen LogP contribution in [0.25, 0.3) is 11.3 Å². The molecule has 0 spiro atoms. The Morgan fingerprint density at radius 2 is 1.84 bits per heavy atom. The first kappa shape index (κ1) is 15.9. The number of hydrogen-bond donors (Lipinski definition) is 2. The van der Waals surface area contributed by atoms with Crippen LogP contribution >= 0.6 is 12.2 Å². The van der Waals surface area contributed by atoms with E-state index in [-0.39, 0.29) is 5.95 Å². The molecule has 4 rings (SSSR count). The van der Waals surface area contributed by atoms with Gasteiger partial charge in [-0.15, -0.1) is 0 Å². The van der Waals surface area contributed by atoms with Gasteiger partial charge < -0.3 is 26.0 Å². The molecular weight excluding hydrogens is 340 g/mol. The minimum atomic E-state index is 0.229. The zero-order valence-corrected chi connectivity index (χ0v) is 14.4. The number of aromatic nitrogens is 4. The number of nitrogen functional groups attached to an aromatic ring is 1. The lowest BCUT2D eigenvalue weighted by Crippen LogP contribution is -2.38.